The summed E-state index contributed by atoms with van der Waals surface area (Å²) in [4.78, 5) is 2.28. The second-order valence-electron chi connectivity index (χ2n) is 5.89. The maximum atomic E-state index is 10.5. The molecule has 1 aromatic carbocycles. The van der Waals surface area contributed by atoms with Gasteiger partial charge in [0.25, 0.3) is 0 Å². The van der Waals surface area contributed by atoms with Crippen molar-refractivity contribution in [1.82, 2.24) is 9.78 Å². The van der Waals surface area contributed by atoms with Crippen molar-refractivity contribution >= 4 is 28.7 Å². The zero-order valence-corrected chi connectivity index (χ0v) is 14.6. The third kappa shape index (κ3) is 3.24. The molecule has 1 unspecified atom stereocenters. The SMILES string of the molecule is Cc1ccc(C(O)Cn2nc(N3CCCC3)sc2=S)cc1C. The maximum absolute atomic E-state index is 10.5. The van der Waals surface area contributed by atoms with Crippen LogP contribution in [0.2, 0.25) is 0 Å². The first-order chi connectivity index (χ1) is 10.5. The van der Waals surface area contributed by atoms with Crippen LogP contribution < -0.4 is 4.90 Å². The molecule has 1 aliphatic rings. The van der Waals surface area contributed by atoms with E-state index in [1.165, 1.54) is 35.3 Å². The Kier molecular flexibility index (Phi) is 4.61. The number of aliphatic hydroxyl groups excluding tert-OH is 1. The predicted molar refractivity (Wildman–Crippen MR) is 93.3 cm³/mol. The van der Waals surface area contributed by atoms with E-state index in [-0.39, 0.29) is 0 Å². The van der Waals surface area contributed by atoms with Crippen molar-refractivity contribution in [2.24, 2.45) is 0 Å². The summed E-state index contributed by atoms with van der Waals surface area (Å²) in [5, 5.41) is 16.0. The number of anilines is 1. The molecule has 0 saturated carbocycles. The van der Waals surface area contributed by atoms with Gasteiger partial charge in [-0.25, -0.2) is 4.68 Å². The second kappa shape index (κ2) is 6.48. The average Bonchev–Trinajstić information content (AvgIpc) is 3.12. The van der Waals surface area contributed by atoms with Crippen LogP contribution in [0, 0.1) is 17.8 Å². The van der Waals surface area contributed by atoms with Gasteiger partial charge in [-0.05, 0) is 55.6 Å². The van der Waals surface area contributed by atoms with Gasteiger partial charge in [0.1, 0.15) is 0 Å². The minimum atomic E-state index is -0.584. The summed E-state index contributed by atoms with van der Waals surface area (Å²) >= 11 is 6.94. The van der Waals surface area contributed by atoms with Gasteiger partial charge in [0.15, 0.2) is 3.95 Å². The highest BCUT2D eigenvalue weighted by Gasteiger charge is 2.18. The van der Waals surface area contributed by atoms with Gasteiger partial charge in [-0.1, -0.05) is 29.5 Å². The molecule has 1 aromatic heterocycles. The maximum Gasteiger partial charge on any atom is 0.207 e. The molecule has 2 heterocycles. The molecular formula is C16H21N3OS2. The molecule has 0 amide bonds. The molecule has 6 heteroatoms. The molecule has 0 spiro atoms. The highest BCUT2D eigenvalue weighted by molar-refractivity contribution is 7.73. The summed E-state index contributed by atoms with van der Waals surface area (Å²) in [5.41, 5.74) is 3.34. The lowest BCUT2D eigenvalue weighted by Crippen LogP contribution is -2.18. The quantitative estimate of drug-likeness (QED) is 0.867. The first-order valence-electron chi connectivity index (χ1n) is 7.63. The average molecular weight is 335 g/mol. The van der Waals surface area contributed by atoms with Crippen LogP contribution >= 0.6 is 23.6 Å². The Labute approximate surface area is 140 Å². The molecule has 118 valence electrons. The van der Waals surface area contributed by atoms with Crippen LogP contribution in [0.15, 0.2) is 18.2 Å². The molecular weight excluding hydrogens is 314 g/mol. The van der Waals surface area contributed by atoms with E-state index in [1.54, 1.807) is 4.68 Å². The van der Waals surface area contributed by atoms with Crippen molar-refractivity contribution in [1.29, 1.82) is 0 Å². The van der Waals surface area contributed by atoms with E-state index in [9.17, 15) is 5.11 Å². The molecule has 2 aromatic rings. The van der Waals surface area contributed by atoms with Crippen molar-refractivity contribution in [2.45, 2.75) is 39.3 Å². The van der Waals surface area contributed by atoms with E-state index >= 15 is 0 Å². The highest BCUT2D eigenvalue weighted by atomic mass is 32.1. The Morgan fingerprint density at radius 2 is 2.00 bits per heavy atom. The van der Waals surface area contributed by atoms with Crippen molar-refractivity contribution in [3.05, 3.63) is 38.8 Å². The number of hydrogen-bond acceptors (Lipinski definition) is 5. The molecule has 0 aliphatic carbocycles. The molecule has 0 radical (unpaired) electrons. The number of benzene rings is 1. The van der Waals surface area contributed by atoms with E-state index in [1.807, 2.05) is 18.2 Å². The van der Waals surface area contributed by atoms with Gasteiger partial charge in [0.05, 0.1) is 12.6 Å². The van der Waals surface area contributed by atoms with Gasteiger partial charge in [-0.3, -0.25) is 0 Å². The van der Waals surface area contributed by atoms with Gasteiger partial charge in [-0.2, -0.15) is 0 Å². The van der Waals surface area contributed by atoms with Crippen LogP contribution in [-0.4, -0.2) is 28.0 Å². The first-order valence-corrected chi connectivity index (χ1v) is 8.85. The third-order valence-electron chi connectivity index (χ3n) is 4.23. The fourth-order valence-corrected chi connectivity index (χ4v) is 3.85. The lowest BCUT2D eigenvalue weighted by Gasteiger charge is -2.14. The van der Waals surface area contributed by atoms with Gasteiger partial charge in [0.2, 0.25) is 5.13 Å². The molecule has 3 rings (SSSR count). The van der Waals surface area contributed by atoms with Crippen molar-refractivity contribution in [3.8, 4) is 0 Å². The number of rotatable bonds is 4. The van der Waals surface area contributed by atoms with Crippen LogP contribution in [0.1, 0.15) is 35.6 Å². The normalized spacial score (nSPS) is 16.2. The Morgan fingerprint density at radius 1 is 1.27 bits per heavy atom. The number of aryl methyl sites for hydroxylation is 2. The van der Waals surface area contributed by atoms with E-state index in [0.29, 0.717) is 6.54 Å². The predicted octanol–water partition coefficient (Wildman–Crippen LogP) is 3.62. The molecule has 1 N–H and O–H groups in total. The summed E-state index contributed by atoms with van der Waals surface area (Å²) in [6.45, 7) is 6.66. The number of hydrogen-bond donors (Lipinski definition) is 1. The van der Waals surface area contributed by atoms with Crippen molar-refractivity contribution in [3.63, 3.8) is 0 Å². The monoisotopic (exact) mass is 335 g/mol. The Hall–Kier alpha value is -1.24. The summed E-state index contributed by atoms with van der Waals surface area (Å²) in [6, 6.07) is 6.06. The number of aromatic nitrogens is 2. The smallest absolute Gasteiger partial charge is 0.207 e. The molecule has 0 bridgehead atoms. The molecule has 1 aliphatic heterocycles. The largest absolute Gasteiger partial charge is 0.386 e. The first kappa shape index (κ1) is 15.6. The topological polar surface area (TPSA) is 41.3 Å². The van der Waals surface area contributed by atoms with Crippen LogP contribution in [0.4, 0.5) is 5.13 Å². The Balaban J connectivity index is 1.77. The van der Waals surface area contributed by atoms with Crippen LogP contribution in [0.5, 0.6) is 0 Å². The van der Waals surface area contributed by atoms with E-state index in [0.717, 1.165) is 27.7 Å². The fraction of sp³-hybridized carbons (Fsp3) is 0.500. The van der Waals surface area contributed by atoms with Crippen LogP contribution in [-0.2, 0) is 6.54 Å². The summed E-state index contributed by atoms with van der Waals surface area (Å²) < 4.78 is 2.48. The van der Waals surface area contributed by atoms with Crippen molar-refractivity contribution in [2.75, 3.05) is 18.0 Å². The van der Waals surface area contributed by atoms with Crippen LogP contribution in [0.3, 0.4) is 0 Å². The van der Waals surface area contributed by atoms with Gasteiger partial charge >= 0.3 is 0 Å². The van der Waals surface area contributed by atoms with E-state index < -0.39 is 6.10 Å². The zero-order valence-electron chi connectivity index (χ0n) is 13.0. The molecule has 22 heavy (non-hydrogen) atoms. The van der Waals surface area contributed by atoms with Crippen LogP contribution in [0.25, 0.3) is 0 Å². The van der Waals surface area contributed by atoms with E-state index in [4.69, 9.17) is 12.2 Å². The van der Waals surface area contributed by atoms with Crippen molar-refractivity contribution < 1.29 is 5.11 Å². The zero-order chi connectivity index (χ0) is 15.7. The summed E-state index contributed by atoms with van der Waals surface area (Å²) in [6.07, 6.45) is 1.86. The summed E-state index contributed by atoms with van der Waals surface area (Å²) in [5.74, 6) is 0. The van der Waals surface area contributed by atoms with Gasteiger partial charge in [-0.15, -0.1) is 5.10 Å². The Morgan fingerprint density at radius 3 is 2.68 bits per heavy atom. The fourth-order valence-electron chi connectivity index (χ4n) is 2.69. The molecule has 1 atom stereocenters. The minimum Gasteiger partial charge on any atom is -0.386 e. The lowest BCUT2D eigenvalue weighted by molar-refractivity contribution is 0.151. The number of nitrogens with zero attached hydrogens (tertiary/aromatic N) is 3. The molecule has 4 nitrogen and oxygen atoms in total. The van der Waals surface area contributed by atoms with E-state index in [2.05, 4.69) is 23.8 Å². The third-order valence-corrected chi connectivity index (χ3v) is 5.60. The lowest BCUT2D eigenvalue weighted by atomic mass is 10.0. The summed E-state index contributed by atoms with van der Waals surface area (Å²) in [7, 11) is 0. The standard InChI is InChI=1S/C16H21N3OS2/c1-11-5-6-13(9-12(11)2)14(20)10-19-16(21)22-15(17-19)18-7-3-4-8-18/h5-6,9,14,20H,3-4,7-8,10H2,1-2H3. The second-order valence-corrected chi connectivity index (χ2v) is 7.49. The van der Waals surface area contributed by atoms with Gasteiger partial charge in [0, 0.05) is 13.1 Å². The highest BCUT2D eigenvalue weighted by Crippen LogP contribution is 2.25. The minimum absolute atomic E-state index is 0.408. The Bertz CT molecular complexity index is 716. The van der Waals surface area contributed by atoms with Gasteiger partial charge < -0.3 is 10.0 Å². The molecule has 1 fully saturated rings. The number of aliphatic hydroxyl groups is 1. The molecule has 1 saturated heterocycles.